The summed E-state index contributed by atoms with van der Waals surface area (Å²) in [6, 6.07) is 3.94. The van der Waals surface area contributed by atoms with E-state index in [0.717, 1.165) is 55.4 Å². The summed E-state index contributed by atoms with van der Waals surface area (Å²) in [6.07, 6.45) is 6.12. The van der Waals surface area contributed by atoms with E-state index in [1.807, 2.05) is 17.0 Å². The number of amides is 1. The molecular weight excluding hydrogens is 396 g/mol. The maximum atomic E-state index is 12.7. The van der Waals surface area contributed by atoms with E-state index < -0.39 is 0 Å². The highest BCUT2D eigenvalue weighted by Gasteiger charge is 2.32. The molecule has 8 heteroatoms. The Hall–Kier alpha value is -2.64. The van der Waals surface area contributed by atoms with E-state index in [4.69, 9.17) is 14.2 Å². The van der Waals surface area contributed by atoms with Crippen LogP contribution >= 0.6 is 0 Å². The second kappa shape index (κ2) is 11.1. The van der Waals surface area contributed by atoms with Gasteiger partial charge in [-0.05, 0) is 25.7 Å². The van der Waals surface area contributed by atoms with Crippen molar-refractivity contribution in [3.63, 3.8) is 0 Å². The summed E-state index contributed by atoms with van der Waals surface area (Å²) >= 11 is 0. The monoisotopic (exact) mass is 432 g/mol. The van der Waals surface area contributed by atoms with Gasteiger partial charge in [-0.3, -0.25) is 9.79 Å². The van der Waals surface area contributed by atoms with Crippen LogP contribution in [0.4, 0.5) is 0 Å². The highest BCUT2D eigenvalue weighted by atomic mass is 16.5. The third kappa shape index (κ3) is 5.74. The summed E-state index contributed by atoms with van der Waals surface area (Å²) in [6.45, 7) is 2.23. The van der Waals surface area contributed by atoms with Crippen LogP contribution in [0.25, 0.3) is 0 Å². The number of rotatable bonds is 8. The van der Waals surface area contributed by atoms with Crippen molar-refractivity contribution in [3.8, 4) is 17.2 Å². The van der Waals surface area contributed by atoms with Gasteiger partial charge in [-0.15, -0.1) is 0 Å². The van der Waals surface area contributed by atoms with Crippen molar-refractivity contribution in [1.29, 1.82) is 0 Å². The number of aliphatic imine (C=N–C) groups is 1. The second-order valence-electron chi connectivity index (χ2n) is 8.16. The van der Waals surface area contributed by atoms with Gasteiger partial charge in [0.25, 0.3) is 0 Å². The summed E-state index contributed by atoms with van der Waals surface area (Å²) in [5, 5.41) is 6.83. The minimum atomic E-state index is 0.224. The fourth-order valence-corrected chi connectivity index (χ4v) is 4.53. The molecule has 3 rings (SSSR count). The number of guanidine groups is 1. The minimum Gasteiger partial charge on any atom is -0.496 e. The zero-order valence-corrected chi connectivity index (χ0v) is 19.2. The molecule has 0 bridgehead atoms. The first-order valence-electron chi connectivity index (χ1n) is 11.1. The van der Waals surface area contributed by atoms with Crippen LogP contribution in [0.2, 0.25) is 0 Å². The number of benzene rings is 1. The van der Waals surface area contributed by atoms with Gasteiger partial charge in [0.05, 0.1) is 21.3 Å². The van der Waals surface area contributed by atoms with Crippen molar-refractivity contribution in [2.24, 2.45) is 10.9 Å². The number of carbonyl (C=O) groups excluding carboxylic acids is 1. The van der Waals surface area contributed by atoms with E-state index in [1.165, 1.54) is 12.8 Å². The Morgan fingerprint density at radius 2 is 1.77 bits per heavy atom. The molecule has 8 nitrogen and oxygen atoms in total. The Morgan fingerprint density at radius 3 is 2.35 bits per heavy atom. The van der Waals surface area contributed by atoms with E-state index >= 15 is 0 Å². The molecule has 1 amide bonds. The quantitative estimate of drug-likeness (QED) is 0.484. The van der Waals surface area contributed by atoms with Crippen molar-refractivity contribution >= 4 is 11.9 Å². The lowest BCUT2D eigenvalue weighted by atomic mass is 10.1. The summed E-state index contributed by atoms with van der Waals surface area (Å²) in [5.41, 5.74) is 0.975. The van der Waals surface area contributed by atoms with Crippen LogP contribution in [0.15, 0.2) is 17.1 Å². The van der Waals surface area contributed by atoms with E-state index in [1.54, 1.807) is 28.4 Å². The molecule has 1 aliphatic carbocycles. The molecule has 172 valence electrons. The third-order valence-electron chi connectivity index (χ3n) is 6.25. The molecule has 1 aromatic carbocycles. The molecule has 1 aliphatic heterocycles. The number of ether oxygens (including phenoxy) is 3. The van der Waals surface area contributed by atoms with Gasteiger partial charge in [0.2, 0.25) is 5.91 Å². The van der Waals surface area contributed by atoms with Gasteiger partial charge in [0.15, 0.2) is 5.96 Å². The molecular formula is C23H36N4O4. The zero-order valence-electron chi connectivity index (χ0n) is 19.2. The first-order chi connectivity index (χ1) is 15.1. The van der Waals surface area contributed by atoms with Crippen LogP contribution < -0.4 is 24.8 Å². The smallest absolute Gasteiger partial charge is 0.225 e. The van der Waals surface area contributed by atoms with Crippen molar-refractivity contribution in [3.05, 3.63) is 17.7 Å². The number of carbonyl (C=O) groups is 1. The highest BCUT2D eigenvalue weighted by Crippen LogP contribution is 2.34. The van der Waals surface area contributed by atoms with Gasteiger partial charge in [0, 0.05) is 56.3 Å². The van der Waals surface area contributed by atoms with Gasteiger partial charge in [-0.25, -0.2) is 0 Å². The van der Waals surface area contributed by atoms with Gasteiger partial charge in [-0.2, -0.15) is 0 Å². The predicted molar refractivity (Wildman–Crippen MR) is 121 cm³/mol. The van der Waals surface area contributed by atoms with Crippen LogP contribution in [0.5, 0.6) is 17.2 Å². The van der Waals surface area contributed by atoms with Crippen LogP contribution in [0.1, 0.15) is 37.7 Å². The molecule has 1 unspecified atom stereocenters. The Balaban J connectivity index is 1.51. The number of likely N-dealkylation sites (tertiary alicyclic amines) is 1. The molecule has 0 radical (unpaired) electrons. The fraction of sp³-hybridized carbons (Fsp3) is 0.652. The number of nitrogens with one attached hydrogen (secondary N) is 2. The van der Waals surface area contributed by atoms with Crippen molar-refractivity contribution < 1.29 is 19.0 Å². The molecule has 1 atom stereocenters. The third-order valence-corrected chi connectivity index (χ3v) is 6.25. The molecule has 2 aliphatic rings. The standard InChI is InChI=1S/C23H36N4O4/c1-24-23(26-17-10-12-27(15-17)22(28)16-7-5-6-8-16)25-11-9-19-20(30-3)13-18(29-2)14-21(19)31-4/h13-14,16-17H,5-12,15H2,1-4H3,(H2,24,25,26). The molecule has 2 N–H and O–H groups in total. The van der Waals surface area contributed by atoms with Crippen LogP contribution in [0, 0.1) is 5.92 Å². The van der Waals surface area contributed by atoms with Crippen LogP contribution in [0.3, 0.4) is 0 Å². The lowest BCUT2D eigenvalue weighted by Gasteiger charge is -2.21. The first-order valence-corrected chi connectivity index (χ1v) is 11.1. The second-order valence-corrected chi connectivity index (χ2v) is 8.16. The number of hydrogen-bond donors (Lipinski definition) is 2. The lowest BCUT2D eigenvalue weighted by molar-refractivity contribution is -0.134. The van der Waals surface area contributed by atoms with Gasteiger partial charge < -0.3 is 29.7 Å². The molecule has 1 saturated heterocycles. The van der Waals surface area contributed by atoms with Crippen LogP contribution in [-0.4, -0.2) is 70.8 Å². The fourth-order valence-electron chi connectivity index (χ4n) is 4.53. The molecule has 2 fully saturated rings. The average molecular weight is 433 g/mol. The molecule has 1 saturated carbocycles. The van der Waals surface area contributed by atoms with Gasteiger partial charge in [-0.1, -0.05) is 12.8 Å². The van der Waals surface area contributed by atoms with E-state index in [0.29, 0.717) is 24.6 Å². The molecule has 1 aromatic rings. The summed E-state index contributed by atoms with van der Waals surface area (Å²) in [4.78, 5) is 19.0. The minimum absolute atomic E-state index is 0.224. The maximum Gasteiger partial charge on any atom is 0.225 e. The maximum absolute atomic E-state index is 12.7. The lowest BCUT2D eigenvalue weighted by Crippen LogP contribution is -2.45. The van der Waals surface area contributed by atoms with Gasteiger partial charge >= 0.3 is 0 Å². The number of methoxy groups -OCH3 is 3. The summed E-state index contributed by atoms with van der Waals surface area (Å²) in [5.74, 6) is 3.48. The van der Waals surface area contributed by atoms with Crippen molar-refractivity contribution in [1.82, 2.24) is 15.5 Å². The molecule has 0 spiro atoms. The number of nitrogens with zero attached hydrogens (tertiary/aromatic N) is 2. The van der Waals surface area contributed by atoms with E-state index in [-0.39, 0.29) is 12.0 Å². The average Bonchev–Trinajstić information content (AvgIpc) is 3.50. The van der Waals surface area contributed by atoms with E-state index in [9.17, 15) is 4.79 Å². The van der Waals surface area contributed by atoms with Crippen LogP contribution in [-0.2, 0) is 11.2 Å². The Bertz CT molecular complexity index is 752. The Labute approximate surface area is 185 Å². The molecule has 1 heterocycles. The first kappa shape index (κ1) is 23.0. The Morgan fingerprint density at radius 1 is 1.10 bits per heavy atom. The normalized spacial score (nSPS) is 19.4. The molecule has 31 heavy (non-hydrogen) atoms. The predicted octanol–water partition coefficient (Wildman–Crippen LogP) is 2.21. The zero-order chi connectivity index (χ0) is 22.2. The van der Waals surface area contributed by atoms with E-state index in [2.05, 4.69) is 15.6 Å². The Kier molecular flexibility index (Phi) is 8.26. The number of hydrogen-bond acceptors (Lipinski definition) is 5. The molecule has 0 aromatic heterocycles. The summed E-state index contributed by atoms with van der Waals surface area (Å²) < 4.78 is 16.4. The summed E-state index contributed by atoms with van der Waals surface area (Å²) in [7, 11) is 6.67. The van der Waals surface area contributed by atoms with Crippen molar-refractivity contribution in [2.45, 2.75) is 44.6 Å². The highest BCUT2D eigenvalue weighted by molar-refractivity contribution is 5.81. The van der Waals surface area contributed by atoms with Gasteiger partial charge in [0.1, 0.15) is 17.2 Å². The topological polar surface area (TPSA) is 84.4 Å². The van der Waals surface area contributed by atoms with Crippen molar-refractivity contribution in [2.75, 3.05) is 48.0 Å². The largest absolute Gasteiger partial charge is 0.496 e. The SMILES string of the molecule is CN=C(NCCc1c(OC)cc(OC)cc1OC)NC1CCN(C(=O)C2CCCC2)C1.